The van der Waals surface area contributed by atoms with Gasteiger partial charge in [-0.25, -0.2) is 9.78 Å². The van der Waals surface area contributed by atoms with Gasteiger partial charge in [-0.05, 0) is 29.7 Å². The van der Waals surface area contributed by atoms with Gasteiger partial charge in [0.15, 0.2) is 5.65 Å². The molecule has 30 heavy (non-hydrogen) atoms. The van der Waals surface area contributed by atoms with E-state index in [1.54, 1.807) is 16.2 Å². The van der Waals surface area contributed by atoms with Gasteiger partial charge in [0.05, 0.1) is 22.7 Å². The van der Waals surface area contributed by atoms with E-state index in [0.29, 0.717) is 36.8 Å². The maximum atomic E-state index is 12.8. The Labute approximate surface area is 178 Å². The Kier molecular flexibility index (Phi) is 5.20. The molecule has 0 atom stereocenters. The molecule has 3 heterocycles. The van der Waals surface area contributed by atoms with Gasteiger partial charge in [-0.3, -0.25) is 18.2 Å². The van der Waals surface area contributed by atoms with Crippen LogP contribution in [0.25, 0.3) is 22.4 Å². The highest BCUT2D eigenvalue weighted by molar-refractivity contribution is 8.24. The summed E-state index contributed by atoms with van der Waals surface area (Å²) in [6.45, 7) is 8.24. The normalized spacial score (nSPS) is 18.0. The molecule has 3 aromatic rings. The molecule has 4 rings (SSSR count). The summed E-state index contributed by atoms with van der Waals surface area (Å²) in [4.78, 5) is 19.8. The lowest BCUT2D eigenvalue weighted by Crippen LogP contribution is -2.38. The van der Waals surface area contributed by atoms with Gasteiger partial charge < -0.3 is 4.90 Å². The van der Waals surface area contributed by atoms with Crippen LogP contribution in [0.5, 0.6) is 0 Å². The van der Waals surface area contributed by atoms with E-state index in [1.165, 1.54) is 0 Å². The van der Waals surface area contributed by atoms with Crippen LogP contribution in [0.15, 0.2) is 41.2 Å². The van der Waals surface area contributed by atoms with Crippen molar-refractivity contribution < 1.29 is 9.11 Å². The summed E-state index contributed by atoms with van der Waals surface area (Å²) in [6.07, 6.45) is 0. The summed E-state index contributed by atoms with van der Waals surface area (Å²) < 4.78 is 23.1. The highest BCUT2D eigenvalue weighted by atomic mass is 32.3. The Morgan fingerprint density at radius 3 is 2.47 bits per heavy atom. The van der Waals surface area contributed by atoms with Crippen molar-refractivity contribution in [3.63, 3.8) is 0 Å². The maximum absolute atomic E-state index is 12.8. The van der Waals surface area contributed by atoms with Crippen LogP contribution in [0.2, 0.25) is 0 Å². The van der Waals surface area contributed by atoms with E-state index in [-0.39, 0.29) is 11.1 Å². The molecule has 1 saturated heterocycles. The molecule has 0 amide bonds. The van der Waals surface area contributed by atoms with Gasteiger partial charge in [-0.2, -0.15) is 10.6 Å². The molecule has 0 spiro atoms. The van der Waals surface area contributed by atoms with Gasteiger partial charge in [-0.15, -0.1) is 0 Å². The van der Waals surface area contributed by atoms with Crippen LogP contribution in [0.4, 0.5) is 5.69 Å². The number of pyridine rings is 1. The summed E-state index contributed by atoms with van der Waals surface area (Å²) in [7, 11) is -0.652. The van der Waals surface area contributed by atoms with Crippen molar-refractivity contribution in [3.05, 3.63) is 46.9 Å². The first-order valence-corrected chi connectivity index (χ1v) is 12.1. The molecule has 0 unspecified atom stereocenters. The Morgan fingerprint density at radius 1 is 1.10 bits per heavy atom. The van der Waals surface area contributed by atoms with Crippen molar-refractivity contribution in [1.29, 1.82) is 0 Å². The van der Waals surface area contributed by atoms with Crippen molar-refractivity contribution in [3.8, 4) is 11.3 Å². The van der Waals surface area contributed by atoms with Gasteiger partial charge in [0, 0.05) is 37.9 Å². The SMILES string of the molecule is Cn1c(=O)n(CC(C)(C)C)c2ccc(-c3cccc(N4CCS(O)(O)CC4)c3)nc21. The zero-order valence-corrected chi connectivity index (χ0v) is 18.8. The lowest BCUT2D eigenvalue weighted by molar-refractivity contribution is 0.342. The molecule has 1 aliphatic heterocycles. The molecule has 0 bridgehead atoms. The third kappa shape index (κ3) is 4.12. The van der Waals surface area contributed by atoms with Gasteiger partial charge in [0.1, 0.15) is 0 Å². The molecule has 8 heteroatoms. The summed E-state index contributed by atoms with van der Waals surface area (Å²) in [5, 5.41) is 0. The van der Waals surface area contributed by atoms with Gasteiger partial charge >= 0.3 is 5.69 Å². The predicted molar refractivity (Wildman–Crippen MR) is 125 cm³/mol. The van der Waals surface area contributed by atoms with E-state index in [1.807, 2.05) is 30.3 Å². The molecular formula is C22H30N4O3S. The zero-order chi connectivity index (χ0) is 21.7. The van der Waals surface area contributed by atoms with Crippen LogP contribution in [0.1, 0.15) is 20.8 Å². The molecule has 2 aromatic heterocycles. The van der Waals surface area contributed by atoms with Crippen molar-refractivity contribution in [1.82, 2.24) is 14.1 Å². The second-order valence-electron chi connectivity index (χ2n) is 9.28. The topological polar surface area (TPSA) is 83.5 Å². The average molecular weight is 431 g/mol. The molecule has 0 aliphatic carbocycles. The van der Waals surface area contributed by atoms with E-state index >= 15 is 0 Å². The summed E-state index contributed by atoms with van der Waals surface area (Å²) in [6, 6.07) is 12.1. The Morgan fingerprint density at radius 2 is 1.80 bits per heavy atom. The highest BCUT2D eigenvalue weighted by Crippen LogP contribution is 2.41. The number of anilines is 1. The lowest BCUT2D eigenvalue weighted by Gasteiger charge is -2.42. The number of benzene rings is 1. The van der Waals surface area contributed by atoms with E-state index in [4.69, 9.17) is 4.98 Å². The van der Waals surface area contributed by atoms with Crippen LogP contribution in [0.3, 0.4) is 0 Å². The van der Waals surface area contributed by atoms with E-state index in [0.717, 1.165) is 22.5 Å². The fraction of sp³-hybridized carbons (Fsp3) is 0.455. The standard InChI is InChI=1S/C22H30N4O3S/c1-22(2,3)15-26-19-9-8-18(23-20(19)24(4)21(26)27)16-6-5-7-17(14-16)25-10-12-30(28,29)13-11-25/h5-9,14,28-29H,10-13,15H2,1-4H3. The molecule has 1 fully saturated rings. The number of aromatic nitrogens is 3. The van der Waals surface area contributed by atoms with Crippen molar-refractivity contribution >= 4 is 27.4 Å². The molecule has 1 aromatic carbocycles. The zero-order valence-electron chi connectivity index (χ0n) is 18.0. The average Bonchev–Trinajstić information content (AvgIpc) is 2.91. The number of nitrogens with zero attached hydrogens (tertiary/aromatic N) is 4. The first-order chi connectivity index (χ1) is 14.0. The van der Waals surface area contributed by atoms with Crippen LogP contribution < -0.4 is 10.6 Å². The molecule has 162 valence electrons. The number of aryl methyl sites for hydroxylation is 1. The monoisotopic (exact) mass is 430 g/mol. The fourth-order valence-corrected chi connectivity index (χ4v) is 5.14. The predicted octanol–water partition coefficient (Wildman–Crippen LogP) is 4.02. The Balaban J connectivity index is 1.69. The molecule has 0 saturated carbocycles. The summed E-state index contributed by atoms with van der Waals surface area (Å²) in [5.74, 6) is 0.815. The number of rotatable bonds is 3. The Bertz CT molecular complexity index is 1130. The van der Waals surface area contributed by atoms with Crippen molar-refractivity contribution in [2.75, 3.05) is 29.5 Å². The number of imidazole rings is 1. The molecule has 1 aliphatic rings. The van der Waals surface area contributed by atoms with Gasteiger partial charge in [0.2, 0.25) is 0 Å². The third-order valence-corrected chi connectivity index (χ3v) is 7.17. The van der Waals surface area contributed by atoms with E-state index in [9.17, 15) is 13.9 Å². The minimum Gasteiger partial charge on any atom is -0.368 e. The van der Waals surface area contributed by atoms with E-state index < -0.39 is 10.6 Å². The molecule has 2 N–H and O–H groups in total. The molecule has 7 nitrogen and oxygen atoms in total. The third-order valence-electron chi connectivity index (χ3n) is 5.50. The summed E-state index contributed by atoms with van der Waals surface area (Å²) >= 11 is 0. The Hall–Kier alpha value is -2.29. The minimum absolute atomic E-state index is 0.0119. The molecule has 0 radical (unpaired) electrons. The maximum Gasteiger partial charge on any atom is 0.330 e. The van der Waals surface area contributed by atoms with Crippen LogP contribution in [-0.4, -0.2) is 47.8 Å². The second kappa shape index (κ2) is 7.44. The van der Waals surface area contributed by atoms with Gasteiger partial charge in [-0.1, -0.05) is 32.9 Å². The second-order valence-corrected chi connectivity index (χ2v) is 11.7. The molecular weight excluding hydrogens is 400 g/mol. The minimum atomic E-state index is -2.42. The number of hydrogen-bond donors (Lipinski definition) is 2. The highest BCUT2D eigenvalue weighted by Gasteiger charge is 2.23. The van der Waals surface area contributed by atoms with Crippen LogP contribution in [-0.2, 0) is 13.6 Å². The number of hydrogen-bond acceptors (Lipinski definition) is 5. The lowest BCUT2D eigenvalue weighted by atomic mass is 9.97. The van der Waals surface area contributed by atoms with Crippen LogP contribution in [0, 0.1) is 5.41 Å². The van der Waals surface area contributed by atoms with Gasteiger partial charge in [0.25, 0.3) is 0 Å². The van der Waals surface area contributed by atoms with E-state index in [2.05, 4.69) is 31.7 Å². The number of fused-ring (bicyclic) bond motifs is 1. The fourth-order valence-electron chi connectivity index (χ4n) is 3.91. The smallest absolute Gasteiger partial charge is 0.330 e. The first kappa shape index (κ1) is 21.0. The quantitative estimate of drug-likeness (QED) is 0.656. The largest absolute Gasteiger partial charge is 0.368 e. The van der Waals surface area contributed by atoms with Crippen LogP contribution >= 0.6 is 10.6 Å². The van der Waals surface area contributed by atoms with Crippen molar-refractivity contribution in [2.24, 2.45) is 12.5 Å². The van der Waals surface area contributed by atoms with Crippen molar-refractivity contribution in [2.45, 2.75) is 27.3 Å². The summed E-state index contributed by atoms with van der Waals surface area (Å²) in [5.41, 5.74) is 4.30. The first-order valence-electron chi connectivity index (χ1n) is 10.2.